The Morgan fingerprint density at radius 2 is 2.35 bits per heavy atom. The van der Waals surface area contributed by atoms with Gasteiger partial charge in [-0.1, -0.05) is 0 Å². The van der Waals surface area contributed by atoms with Crippen molar-refractivity contribution in [2.75, 3.05) is 6.54 Å². The van der Waals surface area contributed by atoms with Crippen LogP contribution in [0, 0.1) is 5.92 Å². The molecule has 1 saturated carbocycles. The van der Waals surface area contributed by atoms with E-state index in [1.54, 1.807) is 11.3 Å². The standard InChI is InChI=1S/C13H18N2OS/c16-13-5-1-3-11(13)12-4-2-6-15(12)7-10-8-17-9-14-10/h8-9,11-12H,1-7H2. The number of nitrogens with zero attached hydrogens (tertiary/aromatic N) is 2. The zero-order chi connectivity index (χ0) is 11.7. The number of aromatic nitrogens is 1. The van der Waals surface area contributed by atoms with Crippen LogP contribution >= 0.6 is 11.3 Å². The lowest BCUT2D eigenvalue weighted by atomic mass is 9.95. The molecule has 1 aromatic rings. The average Bonchev–Trinajstić information content (AvgIpc) is 3.00. The van der Waals surface area contributed by atoms with Crippen molar-refractivity contribution in [3.05, 3.63) is 16.6 Å². The molecule has 0 radical (unpaired) electrons. The molecule has 2 aliphatic rings. The maximum absolute atomic E-state index is 11.9. The van der Waals surface area contributed by atoms with Gasteiger partial charge < -0.3 is 0 Å². The Labute approximate surface area is 106 Å². The van der Waals surface area contributed by atoms with E-state index in [9.17, 15) is 4.79 Å². The predicted molar refractivity (Wildman–Crippen MR) is 67.9 cm³/mol. The van der Waals surface area contributed by atoms with Gasteiger partial charge in [-0.25, -0.2) is 4.98 Å². The van der Waals surface area contributed by atoms with E-state index < -0.39 is 0 Å². The molecule has 2 unspecified atom stereocenters. The number of Topliss-reactive ketones (excluding diaryl/α,β-unsaturated/α-hetero) is 1. The van der Waals surface area contributed by atoms with Crippen molar-refractivity contribution in [3.63, 3.8) is 0 Å². The van der Waals surface area contributed by atoms with Crippen molar-refractivity contribution in [2.24, 2.45) is 5.92 Å². The minimum absolute atomic E-state index is 0.316. The number of carbonyl (C=O) groups excluding carboxylic acids is 1. The van der Waals surface area contributed by atoms with Crippen LogP contribution in [0.1, 0.15) is 37.8 Å². The summed E-state index contributed by atoms with van der Waals surface area (Å²) in [6.07, 6.45) is 5.45. The van der Waals surface area contributed by atoms with Crippen LogP contribution in [0.2, 0.25) is 0 Å². The monoisotopic (exact) mass is 250 g/mol. The molecule has 0 spiro atoms. The van der Waals surface area contributed by atoms with Gasteiger partial charge in [-0.15, -0.1) is 11.3 Å². The zero-order valence-electron chi connectivity index (χ0n) is 9.97. The summed E-state index contributed by atoms with van der Waals surface area (Å²) < 4.78 is 0. The van der Waals surface area contributed by atoms with E-state index >= 15 is 0 Å². The van der Waals surface area contributed by atoms with Gasteiger partial charge in [0.05, 0.1) is 11.2 Å². The fraction of sp³-hybridized carbons (Fsp3) is 0.692. The number of hydrogen-bond donors (Lipinski definition) is 0. The van der Waals surface area contributed by atoms with E-state index in [0.717, 1.165) is 38.0 Å². The lowest BCUT2D eigenvalue weighted by Crippen LogP contribution is -2.37. The van der Waals surface area contributed by atoms with Gasteiger partial charge >= 0.3 is 0 Å². The van der Waals surface area contributed by atoms with Crippen molar-refractivity contribution in [1.82, 2.24) is 9.88 Å². The van der Waals surface area contributed by atoms with Gasteiger partial charge in [0.15, 0.2) is 0 Å². The Kier molecular flexibility index (Phi) is 3.25. The Morgan fingerprint density at radius 3 is 3.06 bits per heavy atom. The van der Waals surface area contributed by atoms with Crippen LogP contribution in [0.15, 0.2) is 10.9 Å². The second-order valence-corrected chi connectivity index (χ2v) is 5.84. The fourth-order valence-electron chi connectivity index (χ4n) is 3.28. The number of rotatable bonds is 3. The molecule has 1 aliphatic carbocycles. The summed E-state index contributed by atoms with van der Waals surface area (Å²) in [6, 6.07) is 0.492. The Morgan fingerprint density at radius 1 is 1.41 bits per heavy atom. The van der Waals surface area contributed by atoms with E-state index in [4.69, 9.17) is 0 Å². The predicted octanol–water partition coefficient (Wildman–Crippen LogP) is 2.48. The first-order valence-corrected chi connectivity index (χ1v) is 7.43. The minimum Gasteiger partial charge on any atom is -0.299 e. The summed E-state index contributed by atoms with van der Waals surface area (Å²) in [5.74, 6) is 0.816. The largest absolute Gasteiger partial charge is 0.299 e. The first-order valence-electron chi connectivity index (χ1n) is 6.48. The molecule has 0 aromatic carbocycles. The number of thiazole rings is 1. The van der Waals surface area contributed by atoms with Crippen molar-refractivity contribution in [2.45, 2.75) is 44.7 Å². The molecule has 92 valence electrons. The third-order valence-corrected chi connectivity index (χ3v) is 4.71. The van der Waals surface area contributed by atoms with Gasteiger partial charge in [-0.2, -0.15) is 0 Å². The van der Waals surface area contributed by atoms with Gasteiger partial charge in [0, 0.05) is 30.3 Å². The molecule has 0 N–H and O–H groups in total. The number of hydrogen-bond acceptors (Lipinski definition) is 4. The van der Waals surface area contributed by atoms with E-state index in [-0.39, 0.29) is 0 Å². The van der Waals surface area contributed by atoms with Crippen molar-refractivity contribution in [3.8, 4) is 0 Å². The molecular formula is C13H18N2OS. The summed E-state index contributed by atoms with van der Waals surface area (Å²) >= 11 is 1.65. The zero-order valence-corrected chi connectivity index (χ0v) is 10.8. The molecule has 17 heavy (non-hydrogen) atoms. The highest BCUT2D eigenvalue weighted by Gasteiger charge is 2.37. The summed E-state index contributed by atoms with van der Waals surface area (Å²) in [5.41, 5.74) is 3.05. The highest BCUT2D eigenvalue weighted by molar-refractivity contribution is 7.07. The Hall–Kier alpha value is -0.740. The van der Waals surface area contributed by atoms with Crippen molar-refractivity contribution < 1.29 is 4.79 Å². The normalized spacial score (nSPS) is 30.2. The van der Waals surface area contributed by atoms with Gasteiger partial charge in [-0.05, 0) is 32.2 Å². The Balaban J connectivity index is 1.69. The first-order chi connectivity index (χ1) is 8.34. The quantitative estimate of drug-likeness (QED) is 0.826. The van der Waals surface area contributed by atoms with Crippen molar-refractivity contribution in [1.29, 1.82) is 0 Å². The molecule has 1 aromatic heterocycles. The summed E-state index contributed by atoms with van der Waals surface area (Å²) in [4.78, 5) is 18.7. The molecule has 2 heterocycles. The van der Waals surface area contributed by atoms with Crippen LogP contribution in [0.5, 0.6) is 0 Å². The van der Waals surface area contributed by atoms with Gasteiger partial charge in [0.1, 0.15) is 5.78 Å². The first kappa shape index (κ1) is 11.4. The second kappa shape index (κ2) is 4.86. The highest BCUT2D eigenvalue weighted by atomic mass is 32.1. The number of ketones is 1. The fourth-order valence-corrected chi connectivity index (χ4v) is 3.83. The van der Waals surface area contributed by atoms with Crippen molar-refractivity contribution >= 4 is 17.1 Å². The number of carbonyl (C=O) groups is 1. The van der Waals surface area contributed by atoms with Crippen LogP contribution in [0.4, 0.5) is 0 Å². The lowest BCUT2D eigenvalue weighted by Gasteiger charge is -2.27. The minimum atomic E-state index is 0.316. The second-order valence-electron chi connectivity index (χ2n) is 5.12. The number of likely N-dealkylation sites (tertiary alicyclic amines) is 1. The molecule has 2 atom stereocenters. The van der Waals surface area contributed by atoms with E-state index in [0.29, 0.717) is 17.7 Å². The van der Waals surface area contributed by atoms with E-state index in [1.165, 1.54) is 12.8 Å². The third-order valence-electron chi connectivity index (χ3n) is 4.08. The van der Waals surface area contributed by atoms with E-state index in [1.807, 2.05) is 5.51 Å². The van der Waals surface area contributed by atoms with Gasteiger partial charge in [0.25, 0.3) is 0 Å². The smallest absolute Gasteiger partial charge is 0.137 e. The maximum Gasteiger partial charge on any atom is 0.137 e. The van der Waals surface area contributed by atoms with Crippen LogP contribution in [0.25, 0.3) is 0 Å². The summed E-state index contributed by atoms with van der Waals surface area (Å²) in [6.45, 7) is 2.06. The summed E-state index contributed by atoms with van der Waals surface area (Å²) in [7, 11) is 0. The third kappa shape index (κ3) is 2.29. The molecule has 0 bridgehead atoms. The molecule has 2 fully saturated rings. The van der Waals surface area contributed by atoms with Crippen LogP contribution in [-0.2, 0) is 11.3 Å². The lowest BCUT2D eigenvalue weighted by molar-refractivity contribution is -0.122. The molecule has 1 saturated heterocycles. The van der Waals surface area contributed by atoms with Crippen LogP contribution < -0.4 is 0 Å². The van der Waals surface area contributed by atoms with Crippen LogP contribution in [0.3, 0.4) is 0 Å². The molecule has 3 rings (SSSR count). The van der Waals surface area contributed by atoms with Crippen LogP contribution in [-0.4, -0.2) is 28.3 Å². The molecule has 3 nitrogen and oxygen atoms in total. The maximum atomic E-state index is 11.9. The summed E-state index contributed by atoms with van der Waals surface area (Å²) in [5, 5.41) is 2.12. The SMILES string of the molecule is O=C1CCCC1C1CCCN1Cc1cscn1. The highest BCUT2D eigenvalue weighted by Crippen LogP contribution is 2.33. The molecule has 1 aliphatic heterocycles. The molecule has 0 amide bonds. The van der Waals surface area contributed by atoms with Gasteiger partial charge in [0.2, 0.25) is 0 Å². The van der Waals surface area contributed by atoms with Gasteiger partial charge in [-0.3, -0.25) is 9.69 Å². The topological polar surface area (TPSA) is 33.2 Å². The average molecular weight is 250 g/mol. The molecular weight excluding hydrogens is 232 g/mol. The van der Waals surface area contributed by atoms with E-state index in [2.05, 4.69) is 15.3 Å². The Bertz CT molecular complexity index is 390. The molecule has 4 heteroatoms.